The third-order valence-electron chi connectivity index (χ3n) is 6.45. The number of nitrogens with zero attached hydrogens (tertiary/aromatic N) is 6. The second kappa shape index (κ2) is 12.7. The molecule has 0 unspecified atom stereocenters. The van der Waals surface area contributed by atoms with E-state index in [2.05, 4.69) is 30.3 Å². The predicted octanol–water partition coefficient (Wildman–Crippen LogP) is 4.39. The van der Waals surface area contributed by atoms with Gasteiger partial charge < -0.3 is 24.0 Å². The smallest absolute Gasteiger partial charge is 0.250 e. The Balaban J connectivity index is 1.29. The van der Waals surface area contributed by atoms with Crippen molar-refractivity contribution in [1.29, 1.82) is 0 Å². The number of nitrogens with one attached hydrogen (secondary N) is 1. The summed E-state index contributed by atoms with van der Waals surface area (Å²) < 4.78 is 17.0. The predicted molar refractivity (Wildman–Crippen MR) is 149 cm³/mol. The van der Waals surface area contributed by atoms with Crippen LogP contribution in [0.4, 0.5) is 17.8 Å². The van der Waals surface area contributed by atoms with Gasteiger partial charge in [0.25, 0.3) is 0 Å². The fourth-order valence-corrected chi connectivity index (χ4v) is 4.55. The van der Waals surface area contributed by atoms with Crippen LogP contribution in [0.3, 0.4) is 0 Å². The third-order valence-corrected chi connectivity index (χ3v) is 6.82. The molecule has 2 aliphatic rings. The Morgan fingerprint density at radius 1 is 0.947 bits per heavy atom. The number of methoxy groups -OCH3 is 1. The van der Waals surface area contributed by atoms with Crippen LogP contribution in [0.25, 0.3) is 0 Å². The fraction of sp³-hybridized carbons (Fsp3) is 0.407. The van der Waals surface area contributed by atoms with E-state index in [0.29, 0.717) is 54.2 Å². The lowest BCUT2D eigenvalue weighted by atomic mass is 10.1. The van der Waals surface area contributed by atoms with Gasteiger partial charge >= 0.3 is 0 Å². The second-order valence-corrected chi connectivity index (χ2v) is 9.47. The van der Waals surface area contributed by atoms with Crippen LogP contribution >= 0.6 is 11.6 Å². The molecule has 0 aliphatic carbocycles. The van der Waals surface area contributed by atoms with E-state index in [1.807, 2.05) is 42.5 Å². The number of hydrogen-bond donors (Lipinski definition) is 1. The first-order valence-electron chi connectivity index (χ1n) is 12.9. The molecule has 2 aromatic carbocycles. The first kappa shape index (κ1) is 26.0. The van der Waals surface area contributed by atoms with E-state index in [9.17, 15) is 0 Å². The molecule has 2 saturated heterocycles. The Hall–Kier alpha value is -3.63. The van der Waals surface area contributed by atoms with Crippen LogP contribution < -0.4 is 24.7 Å². The normalized spacial score (nSPS) is 16.1. The Morgan fingerprint density at radius 2 is 1.68 bits per heavy atom. The van der Waals surface area contributed by atoms with Crippen molar-refractivity contribution in [2.75, 3.05) is 61.7 Å². The average Bonchev–Trinajstić information content (AvgIpc) is 2.98. The topological polar surface area (TPSA) is 97.2 Å². The van der Waals surface area contributed by atoms with Crippen LogP contribution in [0.1, 0.15) is 30.4 Å². The van der Waals surface area contributed by atoms with Gasteiger partial charge in [0, 0.05) is 36.8 Å². The Kier molecular flexibility index (Phi) is 8.72. The van der Waals surface area contributed by atoms with Crippen molar-refractivity contribution in [1.82, 2.24) is 15.0 Å². The van der Waals surface area contributed by atoms with Crippen LogP contribution in [0.2, 0.25) is 5.02 Å². The molecule has 10 nitrogen and oxygen atoms in total. The first-order chi connectivity index (χ1) is 18.7. The maximum atomic E-state index is 6.24. The minimum Gasteiger partial charge on any atom is -0.493 e. The summed E-state index contributed by atoms with van der Waals surface area (Å²) in [6, 6.07) is 13.2. The van der Waals surface area contributed by atoms with E-state index >= 15 is 0 Å². The largest absolute Gasteiger partial charge is 0.493 e. The molecular formula is C27H32ClN7O3. The second-order valence-electron chi connectivity index (χ2n) is 9.07. The molecule has 3 aromatic rings. The Bertz CT molecular complexity index is 1210. The van der Waals surface area contributed by atoms with Gasteiger partial charge in [0.05, 0.1) is 26.5 Å². The van der Waals surface area contributed by atoms with Crippen LogP contribution in [0.15, 0.2) is 47.6 Å². The number of hydrogen-bond acceptors (Lipinski definition) is 10. The molecule has 0 atom stereocenters. The van der Waals surface area contributed by atoms with Gasteiger partial charge in [0.15, 0.2) is 11.5 Å². The quantitative estimate of drug-likeness (QED) is 0.315. The van der Waals surface area contributed by atoms with Gasteiger partial charge in [-0.25, -0.2) is 5.43 Å². The molecule has 0 radical (unpaired) electrons. The summed E-state index contributed by atoms with van der Waals surface area (Å²) in [6.07, 6.45) is 5.21. The lowest BCUT2D eigenvalue weighted by Crippen LogP contribution is -2.38. The van der Waals surface area contributed by atoms with Crippen LogP contribution in [0.5, 0.6) is 11.5 Å². The minimum atomic E-state index is 0.342. The van der Waals surface area contributed by atoms with E-state index in [1.54, 1.807) is 13.3 Å². The number of ether oxygens (including phenoxy) is 3. The number of aromatic nitrogens is 3. The monoisotopic (exact) mass is 537 g/mol. The highest BCUT2D eigenvalue weighted by Gasteiger charge is 2.20. The van der Waals surface area contributed by atoms with Crippen LogP contribution in [-0.4, -0.2) is 67.7 Å². The molecule has 0 bridgehead atoms. The van der Waals surface area contributed by atoms with Gasteiger partial charge in [-0.3, -0.25) is 0 Å². The van der Waals surface area contributed by atoms with Crippen LogP contribution in [0, 0.1) is 0 Å². The summed E-state index contributed by atoms with van der Waals surface area (Å²) in [4.78, 5) is 18.4. The van der Waals surface area contributed by atoms with E-state index in [1.165, 1.54) is 6.42 Å². The lowest BCUT2D eigenvalue weighted by Gasteiger charge is -2.30. The summed E-state index contributed by atoms with van der Waals surface area (Å²) in [6.45, 7) is 5.04. The summed E-state index contributed by atoms with van der Waals surface area (Å²) in [5.41, 5.74) is 4.73. The van der Waals surface area contributed by atoms with Crippen molar-refractivity contribution in [2.24, 2.45) is 5.10 Å². The summed E-state index contributed by atoms with van der Waals surface area (Å²) in [5, 5.41) is 5.06. The average molecular weight is 538 g/mol. The van der Waals surface area contributed by atoms with Gasteiger partial charge in [0.2, 0.25) is 17.8 Å². The van der Waals surface area contributed by atoms with Crippen LogP contribution in [-0.2, 0) is 11.3 Å². The Morgan fingerprint density at radius 3 is 2.42 bits per heavy atom. The summed E-state index contributed by atoms with van der Waals surface area (Å²) in [7, 11) is 1.61. The van der Waals surface area contributed by atoms with Gasteiger partial charge in [-0.1, -0.05) is 29.8 Å². The van der Waals surface area contributed by atoms with Crippen molar-refractivity contribution in [3.05, 3.63) is 58.6 Å². The molecule has 0 spiro atoms. The fourth-order valence-electron chi connectivity index (χ4n) is 4.36. The molecular weight excluding hydrogens is 506 g/mol. The zero-order valence-corrected chi connectivity index (χ0v) is 22.2. The molecule has 2 aliphatic heterocycles. The zero-order valence-electron chi connectivity index (χ0n) is 21.5. The highest BCUT2D eigenvalue weighted by atomic mass is 35.5. The van der Waals surface area contributed by atoms with Crippen molar-refractivity contribution in [3.8, 4) is 11.5 Å². The molecule has 5 rings (SSSR count). The van der Waals surface area contributed by atoms with E-state index < -0.39 is 0 Å². The van der Waals surface area contributed by atoms with Crippen molar-refractivity contribution < 1.29 is 14.2 Å². The lowest BCUT2D eigenvalue weighted by molar-refractivity contribution is 0.122. The van der Waals surface area contributed by atoms with Gasteiger partial charge in [-0.15, -0.1) is 0 Å². The van der Waals surface area contributed by atoms with Gasteiger partial charge in [-0.05, 0) is 49.1 Å². The zero-order chi connectivity index (χ0) is 26.2. The summed E-state index contributed by atoms with van der Waals surface area (Å²) in [5.74, 6) is 2.95. The van der Waals surface area contributed by atoms with Crippen molar-refractivity contribution >= 4 is 35.7 Å². The van der Waals surface area contributed by atoms with E-state index in [-0.39, 0.29) is 0 Å². The molecule has 200 valence electrons. The molecule has 1 N–H and O–H groups in total. The number of anilines is 3. The molecule has 11 heteroatoms. The maximum Gasteiger partial charge on any atom is 0.250 e. The van der Waals surface area contributed by atoms with E-state index in [4.69, 9.17) is 30.8 Å². The Labute approximate surface area is 227 Å². The van der Waals surface area contributed by atoms with Crippen molar-refractivity contribution in [2.45, 2.75) is 25.9 Å². The number of benzene rings is 2. The van der Waals surface area contributed by atoms with Gasteiger partial charge in [-0.2, -0.15) is 20.1 Å². The van der Waals surface area contributed by atoms with E-state index in [0.717, 1.165) is 50.1 Å². The maximum absolute atomic E-state index is 6.24. The molecule has 0 saturated carbocycles. The standard InChI is InChI=1S/C27H32ClN7O3/c1-36-24-17-20(9-10-23(24)38-19-21-7-3-4-8-22(21)28)18-29-33-25-30-26(34-11-5-2-6-12-34)32-27(31-25)35-13-15-37-16-14-35/h3-4,7-10,17-18H,2,5-6,11-16,19H2,1H3,(H,30,31,32,33)/b29-18-. The van der Waals surface area contributed by atoms with Crippen molar-refractivity contribution in [3.63, 3.8) is 0 Å². The first-order valence-corrected chi connectivity index (χ1v) is 13.2. The SMILES string of the molecule is COc1cc(/C=N\Nc2nc(N3CCCCC3)nc(N3CCOCC3)n2)ccc1OCc1ccccc1Cl. The van der Waals surface area contributed by atoms with Gasteiger partial charge in [0.1, 0.15) is 6.61 Å². The third kappa shape index (κ3) is 6.62. The number of halogens is 1. The molecule has 3 heterocycles. The molecule has 0 amide bonds. The highest BCUT2D eigenvalue weighted by Crippen LogP contribution is 2.29. The highest BCUT2D eigenvalue weighted by molar-refractivity contribution is 6.31. The summed E-state index contributed by atoms with van der Waals surface area (Å²) >= 11 is 6.24. The molecule has 38 heavy (non-hydrogen) atoms. The number of piperidine rings is 1. The minimum absolute atomic E-state index is 0.342. The number of hydrazone groups is 1. The molecule has 2 fully saturated rings. The number of rotatable bonds is 9. The molecule has 1 aromatic heterocycles. The number of morpholine rings is 1.